The Kier molecular flexibility index (Phi) is 41.2. The summed E-state index contributed by atoms with van der Waals surface area (Å²) >= 11 is 0. The largest absolute Gasteiger partial charge is 0.491 e. The molecule has 119 heavy (non-hydrogen) atoms. The number of ether oxygens (including phenoxy) is 20. The van der Waals surface area contributed by atoms with Gasteiger partial charge in [-0.05, 0) is 174 Å². The summed E-state index contributed by atoms with van der Waals surface area (Å²) in [6.45, 7) is 11.2. The first-order valence-corrected chi connectivity index (χ1v) is 37.9. The normalized spacial score (nSPS) is 10.8. The van der Waals surface area contributed by atoms with Crippen LogP contribution in [0.4, 0.5) is 0 Å². The van der Waals surface area contributed by atoms with Gasteiger partial charge in [-0.25, -0.2) is 38.4 Å². The lowest BCUT2D eigenvalue weighted by atomic mass is 10.0. The summed E-state index contributed by atoms with van der Waals surface area (Å²) in [7, 11) is 0. The zero-order chi connectivity index (χ0) is 84.3. The molecular weight excluding hydrogens is 1550 g/mol. The SMILES string of the molecule is C=CC(=O)OCCOCCOCCOc1ccc(C(=O)Oc2ccc(C(=O)Oc3ccc(-c4ccc(C(=O)OCCOCCOCCOC(=O)CCCC(=O)OCCOCCOCCOC(=O)c5ccc(-c6ccc(OC(=O)c7ccc(OC(=O)c8ccc(OCCOCCOCCOC(=O)C=C)cc8)cc7)cc6)cc5)cc4)cc3)cc2)cc1. The lowest BCUT2D eigenvalue weighted by Gasteiger charge is -2.09. The molecule has 8 rings (SSSR count). The van der Waals surface area contributed by atoms with E-state index < -0.39 is 59.7 Å². The van der Waals surface area contributed by atoms with Crippen molar-refractivity contribution in [3.8, 4) is 56.8 Å². The molecule has 0 radical (unpaired) electrons. The standard InChI is InChI=1S/C89H92O30/c1-3-80(90)110-58-50-102-42-40-100-48-56-108-74-28-20-70(21-29-74)86(96)118-78-36-24-72(25-37-78)88(98)116-76-32-16-66(17-33-76)64-8-12-68(13-9-64)84(94)114-62-54-106-46-44-104-52-60-112-82(92)6-5-7-83(93)113-61-53-105-45-47-107-55-63-115-85(95)69-14-10-65(11-15-69)67-18-34-77(35-19-67)117-89(99)73-26-38-79(39-27-73)119-87(97)71-22-30-75(31-23-71)109-57-49-101-41-43-103-51-59-111-81(91)4-2/h3-4,8-39H,1-2,5-7,40-63H2. The molecule has 0 saturated carbocycles. The van der Waals surface area contributed by atoms with Gasteiger partial charge in [0, 0.05) is 25.0 Å². The number of esters is 10. The van der Waals surface area contributed by atoms with Crippen molar-refractivity contribution in [2.24, 2.45) is 0 Å². The summed E-state index contributed by atoms with van der Waals surface area (Å²) in [4.78, 5) is 123. The Morgan fingerprint density at radius 3 is 0.664 bits per heavy atom. The number of carbonyl (C=O) groups excluding carboxylic acids is 10. The van der Waals surface area contributed by atoms with Crippen LogP contribution in [-0.4, -0.2) is 218 Å². The maximum absolute atomic E-state index is 13.0. The molecule has 0 aliphatic rings. The summed E-state index contributed by atoms with van der Waals surface area (Å²) in [5, 5.41) is 0. The molecule has 0 aromatic heterocycles. The fourth-order valence-electron chi connectivity index (χ4n) is 10.1. The van der Waals surface area contributed by atoms with Crippen molar-refractivity contribution in [3.05, 3.63) is 253 Å². The van der Waals surface area contributed by atoms with Crippen LogP contribution >= 0.6 is 0 Å². The Morgan fingerprint density at radius 1 is 0.210 bits per heavy atom. The molecule has 628 valence electrons. The van der Waals surface area contributed by atoms with E-state index in [9.17, 15) is 47.9 Å². The highest BCUT2D eigenvalue weighted by molar-refractivity contribution is 5.95. The van der Waals surface area contributed by atoms with Crippen LogP contribution in [0.2, 0.25) is 0 Å². The van der Waals surface area contributed by atoms with Crippen molar-refractivity contribution in [3.63, 3.8) is 0 Å². The van der Waals surface area contributed by atoms with Gasteiger partial charge in [-0.15, -0.1) is 0 Å². The second-order valence-corrected chi connectivity index (χ2v) is 24.8. The molecule has 8 aromatic carbocycles. The monoisotopic (exact) mass is 1640 g/mol. The van der Waals surface area contributed by atoms with Gasteiger partial charge in [0.2, 0.25) is 0 Å². The maximum Gasteiger partial charge on any atom is 0.343 e. The van der Waals surface area contributed by atoms with Crippen molar-refractivity contribution in [2.45, 2.75) is 19.3 Å². The zero-order valence-electron chi connectivity index (χ0n) is 65.4. The summed E-state index contributed by atoms with van der Waals surface area (Å²) in [6, 6.07) is 51.9. The maximum atomic E-state index is 13.0. The van der Waals surface area contributed by atoms with Crippen molar-refractivity contribution in [2.75, 3.05) is 159 Å². The van der Waals surface area contributed by atoms with Gasteiger partial charge in [0.1, 0.15) is 87.4 Å². The van der Waals surface area contributed by atoms with Gasteiger partial charge >= 0.3 is 59.7 Å². The minimum absolute atomic E-state index is 0.00437. The zero-order valence-corrected chi connectivity index (χ0v) is 65.4. The van der Waals surface area contributed by atoms with Crippen LogP contribution < -0.4 is 28.4 Å². The molecule has 0 N–H and O–H groups in total. The Balaban J connectivity index is 0.561. The fraction of sp³-hybridized carbons (Fsp3) is 0.303. The van der Waals surface area contributed by atoms with Crippen molar-refractivity contribution >= 4 is 59.7 Å². The van der Waals surface area contributed by atoms with Gasteiger partial charge in [-0.1, -0.05) is 61.7 Å². The summed E-state index contributed by atoms with van der Waals surface area (Å²) in [5.74, 6) is -3.40. The van der Waals surface area contributed by atoms with Crippen molar-refractivity contribution < 1.29 is 143 Å². The molecule has 0 spiro atoms. The molecule has 0 heterocycles. The third-order valence-electron chi connectivity index (χ3n) is 16.2. The topological polar surface area (TPSA) is 355 Å². The summed E-state index contributed by atoms with van der Waals surface area (Å²) in [5.41, 5.74) is 4.93. The highest BCUT2D eigenvalue weighted by Gasteiger charge is 2.18. The number of hydrogen-bond acceptors (Lipinski definition) is 30. The number of hydrogen-bond donors (Lipinski definition) is 0. The summed E-state index contributed by atoms with van der Waals surface area (Å²) < 4.78 is 107. The molecule has 8 aromatic rings. The van der Waals surface area contributed by atoms with Crippen LogP contribution in [-0.2, 0) is 85.5 Å². The molecule has 0 amide bonds. The van der Waals surface area contributed by atoms with Gasteiger partial charge in [0.25, 0.3) is 0 Å². The van der Waals surface area contributed by atoms with Gasteiger partial charge in [0.05, 0.1) is 139 Å². The van der Waals surface area contributed by atoms with Crippen molar-refractivity contribution in [1.29, 1.82) is 0 Å². The molecule has 0 aliphatic heterocycles. The predicted octanol–water partition coefficient (Wildman–Crippen LogP) is 11.5. The van der Waals surface area contributed by atoms with E-state index in [-0.39, 0.29) is 172 Å². The third kappa shape index (κ3) is 35.7. The van der Waals surface area contributed by atoms with Gasteiger partial charge in [-0.3, -0.25) is 9.59 Å². The lowest BCUT2D eigenvalue weighted by Crippen LogP contribution is -2.16. The highest BCUT2D eigenvalue weighted by atomic mass is 16.6. The van der Waals surface area contributed by atoms with Crippen LogP contribution in [0.5, 0.6) is 34.5 Å². The van der Waals surface area contributed by atoms with Gasteiger partial charge in [0.15, 0.2) is 0 Å². The van der Waals surface area contributed by atoms with Crippen molar-refractivity contribution in [1.82, 2.24) is 0 Å². The lowest BCUT2D eigenvalue weighted by molar-refractivity contribution is -0.147. The van der Waals surface area contributed by atoms with E-state index in [0.29, 0.717) is 73.8 Å². The smallest absolute Gasteiger partial charge is 0.343 e. The molecule has 0 bridgehead atoms. The third-order valence-corrected chi connectivity index (χ3v) is 16.2. The van der Waals surface area contributed by atoms with E-state index in [0.717, 1.165) is 34.4 Å². The number of carbonyl (C=O) groups is 10. The summed E-state index contributed by atoms with van der Waals surface area (Å²) in [6.07, 6.45) is 2.41. The van der Waals surface area contributed by atoms with Gasteiger partial charge < -0.3 is 94.7 Å². The van der Waals surface area contributed by atoms with E-state index in [1.54, 1.807) is 146 Å². The van der Waals surface area contributed by atoms with E-state index in [1.165, 1.54) is 48.5 Å². The molecule has 0 atom stereocenters. The average Bonchev–Trinajstić information content (AvgIpc) is 0.848. The first-order valence-electron chi connectivity index (χ1n) is 37.9. The molecule has 30 nitrogen and oxygen atoms in total. The average molecular weight is 1640 g/mol. The quantitative estimate of drug-likeness (QED) is 0.0112. The molecule has 0 saturated heterocycles. The second kappa shape index (κ2) is 53.5. The minimum Gasteiger partial charge on any atom is -0.491 e. The Labute approximate surface area is 686 Å². The number of benzene rings is 8. The van der Waals surface area contributed by atoms with Gasteiger partial charge in [-0.2, -0.15) is 0 Å². The van der Waals surface area contributed by atoms with E-state index in [2.05, 4.69) is 13.2 Å². The minimum atomic E-state index is -0.619. The number of rotatable bonds is 56. The first-order chi connectivity index (χ1) is 58.1. The Bertz CT molecular complexity index is 4190. The van der Waals surface area contributed by atoms with Crippen LogP contribution in [0.1, 0.15) is 81.4 Å². The molecular formula is C89H92O30. The molecule has 30 heteroatoms. The molecule has 0 fully saturated rings. The van der Waals surface area contributed by atoms with Crippen LogP contribution in [0.25, 0.3) is 22.3 Å². The first kappa shape index (κ1) is 91.7. The van der Waals surface area contributed by atoms with E-state index in [1.807, 2.05) is 0 Å². The Morgan fingerprint density at radius 2 is 0.403 bits per heavy atom. The van der Waals surface area contributed by atoms with Crippen LogP contribution in [0.15, 0.2) is 219 Å². The Hall–Kier alpha value is -12.8. The second-order valence-electron chi connectivity index (χ2n) is 24.8. The fourth-order valence-corrected chi connectivity index (χ4v) is 10.1. The predicted molar refractivity (Wildman–Crippen MR) is 426 cm³/mol. The van der Waals surface area contributed by atoms with Crippen LogP contribution in [0.3, 0.4) is 0 Å². The van der Waals surface area contributed by atoms with Crippen LogP contribution in [0, 0.1) is 0 Å². The van der Waals surface area contributed by atoms with E-state index in [4.69, 9.17) is 94.7 Å². The molecule has 0 aliphatic carbocycles. The molecule has 0 unspecified atom stereocenters. The van der Waals surface area contributed by atoms with E-state index >= 15 is 0 Å². The highest BCUT2D eigenvalue weighted by Crippen LogP contribution is 2.27.